The number of carbonyl (C=O) groups excluding carboxylic acids is 1. The topological polar surface area (TPSA) is 164 Å². The molecule has 0 saturated carbocycles. The summed E-state index contributed by atoms with van der Waals surface area (Å²) >= 11 is 0. The number of hydrogen-bond donors (Lipinski definition) is 0. The van der Waals surface area contributed by atoms with E-state index in [2.05, 4.69) is 55.3 Å². The first kappa shape index (κ1) is 53.3. The van der Waals surface area contributed by atoms with Crippen LogP contribution in [0.1, 0.15) is 96.7 Å². The van der Waals surface area contributed by atoms with Crippen LogP contribution in [0.25, 0.3) is 11.0 Å². The van der Waals surface area contributed by atoms with E-state index >= 15 is 0 Å². The zero-order valence-electron chi connectivity index (χ0n) is 42.3. The Kier molecular flexibility index (Phi) is 18.0. The molecule has 0 bridgehead atoms. The van der Waals surface area contributed by atoms with E-state index in [1.807, 2.05) is 78.9 Å². The molecule has 70 heavy (non-hydrogen) atoms. The zero-order valence-corrected chi connectivity index (χ0v) is 43.2. The Morgan fingerprint density at radius 3 is 2.09 bits per heavy atom. The van der Waals surface area contributed by atoms with Crippen LogP contribution in [0.15, 0.2) is 94.8 Å². The molecular weight excluding hydrogens is 910 g/mol. The Morgan fingerprint density at radius 1 is 0.957 bits per heavy atom. The summed E-state index contributed by atoms with van der Waals surface area (Å²) in [6.07, 6.45) is 1.43. The first-order valence-electron chi connectivity index (χ1n) is 23.3. The molecule has 0 radical (unpaired) electrons. The maximum Gasteiger partial charge on any atom is 0.312 e. The molecule has 0 spiro atoms. The van der Waals surface area contributed by atoms with Crippen molar-refractivity contribution in [3.05, 3.63) is 118 Å². The van der Waals surface area contributed by atoms with Gasteiger partial charge in [0.2, 0.25) is 5.95 Å². The molecule has 4 atom stereocenters. The van der Waals surface area contributed by atoms with Crippen molar-refractivity contribution < 1.29 is 37.5 Å². The monoisotopic (exact) mass is 975 g/mol. The van der Waals surface area contributed by atoms with Crippen LogP contribution >= 0.6 is 8.53 Å². The number of nitriles is 1. The number of carbonyl (C=O) groups is 1. The Morgan fingerprint density at radius 2 is 1.56 bits per heavy atom. The number of rotatable bonds is 21. The number of fused-ring (bicyclic) bond motifs is 1. The second-order valence-electron chi connectivity index (χ2n) is 18.6. The number of hydrogen-bond acceptors (Lipinski definition) is 13. The molecule has 3 heterocycles. The van der Waals surface area contributed by atoms with E-state index in [0.29, 0.717) is 22.6 Å². The fourth-order valence-corrected chi connectivity index (χ4v) is 9.98. The van der Waals surface area contributed by atoms with Gasteiger partial charge in [-0.2, -0.15) is 5.26 Å². The van der Waals surface area contributed by atoms with Crippen molar-refractivity contribution in [3.8, 4) is 29.4 Å². The SMILES string of the molecule is CC#Cc1cn([C@H]2C[C@H](OP(OCCC#N)N(C(C)C)C(C)C)[C@@H](COC(c3ccccc3)(c3ccc(OC)cc3)c3ccc(OC)cc3)O2)c2c(=O)n(COC(=O)C(C)(C)C)c(/N=C/N(C)C)nc12. The highest BCUT2D eigenvalue weighted by Gasteiger charge is 2.45. The van der Waals surface area contributed by atoms with Crippen LogP contribution in [0, 0.1) is 28.6 Å². The molecule has 372 valence electrons. The molecule has 0 N–H and O–H groups in total. The normalized spacial score (nSPS) is 16.7. The van der Waals surface area contributed by atoms with Gasteiger partial charge >= 0.3 is 5.97 Å². The van der Waals surface area contributed by atoms with Gasteiger partial charge in [-0.25, -0.2) is 19.2 Å². The Balaban J connectivity index is 1.53. The largest absolute Gasteiger partial charge is 0.497 e. The van der Waals surface area contributed by atoms with Crippen molar-refractivity contribution in [2.45, 2.75) is 111 Å². The van der Waals surface area contributed by atoms with Gasteiger partial charge in [0, 0.05) is 38.8 Å². The molecule has 1 saturated heterocycles. The molecule has 0 amide bonds. The van der Waals surface area contributed by atoms with Crippen molar-refractivity contribution in [1.82, 2.24) is 23.7 Å². The van der Waals surface area contributed by atoms with Crippen LogP contribution in [-0.4, -0.2) is 102 Å². The van der Waals surface area contributed by atoms with E-state index in [-0.39, 0.29) is 49.6 Å². The molecule has 6 rings (SSSR count). The summed E-state index contributed by atoms with van der Waals surface area (Å²) in [5.41, 5.74) is 0.924. The number of nitrogens with zero attached hydrogens (tertiary/aromatic N) is 7. The number of ether oxygens (including phenoxy) is 5. The minimum atomic E-state index is -1.76. The molecule has 2 aromatic heterocycles. The highest BCUT2D eigenvalue weighted by atomic mass is 31.2. The van der Waals surface area contributed by atoms with Gasteiger partial charge in [0.1, 0.15) is 40.5 Å². The lowest BCUT2D eigenvalue weighted by Crippen LogP contribution is -2.39. The van der Waals surface area contributed by atoms with E-state index in [1.165, 1.54) is 10.9 Å². The number of aromatic nitrogens is 3. The van der Waals surface area contributed by atoms with Gasteiger partial charge < -0.3 is 42.2 Å². The molecule has 16 nitrogen and oxygen atoms in total. The van der Waals surface area contributed by atoms with Crippen molar-refractivity contribution >= 4 is 37.8 Å². The maximum absolute atomic E-state index is 15.0. The molecule has 1 aliphatic heterocycles. The third-order valence-electron chi connectivity index (χ3n) is 11.5. The fourth-order valence-electron chi connectivity index (χ4n) is 8.22. The first-order valence-corrected chi connectivity index (χ1v) is 24.4. The van der Waals surface area contributed by atoms with E-state index in [4.69, 9.17) is 37.7 Å². The van der Waals surface area contributed by atoms with Crippen molar-refractivity contribution in [2.75, 3.05) is 41.5 Å². The second-order valence-corrected chi connectivity index (χ2v) is 20.0. The van der Waals surface area contributed by atoms with Gasteiger partial charge in [-0.15, -0.1) is 5.92 Å². The lowest BCUT2D eigenvalue weighted by molar-refractivity contribution is -0.157. The Hall–Kier alpha value is -6.10. The zero-order chi connectivity index (χ0) is 50.8. The standard InChI is InChI=1S/C53H66N7O9P/c1-13-18-38-32-58(48-47(38)56-51(55-34-57(9)10)59(49(48)61)35-65-50(62)52(6,7)8)46-31-44(69-70(67-30-17-29-54)60(36(2)3)37(4)5)45(68-46)33-66-53(39-19-15-14-16-20-39,40-21-25-42(63-11)26-22-40)41-23-27-43(64-12)28-24-41/h14-16,19-28,32,34,36-37,44-46H,17,30-31,33,35H2,1-12H3/b55-34+/t44-,45+,46+,70?/m0/s1. The average molecular weight is 976 g/mol. The highest BCUT2D eigenvalue weighted by molar-refractivity contribution is 7.44. The summed E-state index contributed by atoms with van der Waals surface area (Å²) in [7, 11) is 5.09. The predicted molar refractivity (Wildman–Crippen MR) is 271 cm³/mol. The minimum absolute atomic E-state index is 0.00565. The van der Waals surface area contributed by atoms with Gasteiger partial charge in [0.25, 0.3) is 14.1 Å². The van der Waals surface area contributed by atoms with E-state index in [1.54, 1.807) is 71.7 Å². The summed E-state index contributed by atoms with van der Waals surface area (Å²) in [6.45, 7) is 15.0. The smallest absolute Gasteiger partial charge is 0.312 e. The van der Waals surface area contributed by atoms with Crippen LogP contribution < -0.4 is 15.0 Å². The fraction of sp³-hybridized carbons (Fsp3) is 0.453. The minimum Gasteiger partial charge on any atom is -0.497 e. The molecular formula is C53H66N7O9P. The lowest BCUT2D eigenvalue weighted by Gasteiger charge is -2.39. The van der Waals surface area contributed by atoms with Gasteiger partial charge in [0.05, 0.1) is 63.3 Å². The average Bonchev–Trinajstić information content (AvgIpc) is 3.91. The third-order valence-corrected chi connectivity index (χ3v) is 13.7. The summed E-state index contributed by atoms with van der Waals surface area (Å²) in [6, 6.07) is 27.8. The van der Waals surface area contributed by atoms with Crippen molar-refractivity contribution in [2.24, 2.45) is 10.4 Å². The van der Waals surface area contributed by atoms with Crippen LogP contribution in [-0.2, 0) is 40.4 Å². The van der Waals surface area contributed by atoms with E-state index < -0.39 is 56.2 Å². The molecule has 1 unspecified atom stereocenters. The van der Waals surface area contributed by atoms with Crippen molar-refractivity contribution in [1.29, 1.82) is 5.26 Å². The quantitative estimate of drug-likeness (QED) is 0.0130. The molecule has 5 aromatic rings. The summed E-state index contributed by atoms with van der Waals surface area (Å²) in [4.78, 5) is 39.2. The highest BCUT2D eigenvalue weighted by Crippen LogP contribution is 2.51. The molecule has 17 heteroatoms. The van der Waals surface area contributed by atoms with Gasteiger partial charge in [-0.3, -0.25) is 9.59 Å². The number of aliphatic imine (C=N–C) groups is 1. The van der Waals surface area contributed by atoms with Gasteiger partial charge in [-0.1, -0.05) is 60.5 Å². The van der Waals surface area contributed by atoms with Gasteiger partial charge in [0.15, 0.2) is 6.73 Å². The van der Waals surface area contributed by atoms with Crippen LogP contribution in [0.3, 0.4) is 0 Å². The number of benzene rings is 3. The predicted octanol–water partition coefficient (Wildman–Crippen LogP) is 9.31. The Labute approximate surface area is 413 Å². The van der Waals surface area contributed by atoms with Crippen LogP contribution in [0.4, 0.5) is 5.95 Å². The van der Waals surface area contributed by atoms with Gasteiger partial charge in [-0.05, 0) is 96.3 Å². The third kappa shape index (κ3) is 12.1. The number of esters is 1. The van der Waals surface area contributed by atoms with Crippen LogP contribution in [0.5, 0.6) is 11.5 Å². The molecule has 1 aliphatic rings. The van der Waals surface area contributed by atoms with Crippen LogP contribution in [0.2, 0.25) is 0 Å². The second kappa shape index (κ2) is 23.7. The first-order chi connectivity index (χ1) is 33.5. The summed E-state index contributed by atoms with van der Waals surface area (Å²) in [5, 5.41) is 9.54. The summed E-state index contributed by atoms with van der Waals surface area (Å²) in [5.74, 6) is 7.00. The number of methoxy groups -OCH3 is 2. The molecule has 1 fully saturated rings. The lowest BCUT2D eigenvalue weighted by atomic mass is 9.80. The maximum atomic E-state index is 15.0. The molecule has 3 aromatic carbocycles. The Bertz CT molecular complexity index is 2680. The van der Waals surface area contributed by atoms with E-state index in [0.717, 1.165) is 16.7 Å². The molecule has 0 aliphatic carbocycles. The van der Waals surface area contributed by atoms with E-state index in [9.17, 15) is 14.9 Å². The summed E-state index contributed by atoms with van der Waals surface area (Å²) < 4.78 is 50.2. The van der Waals surface area contributed by atoms with Crippen molar-refractivity contribution in [3.63, 3.8) is 0 Å².